The van der Waals surface area contributed by atoms with Crippen molar-refractivity contribution >= 4 is 73.2 Å². The van der Waals surface area contributed by atoms with Crippen molar-refractivity contribution in [3.05, 3.63) is 43.8 Å². The van der Waals surface area contributed by atoms with Gasteiger partial charge in [0, 0.05) is 4.88 Å². The Morgan fingerprint density at radius 3 is 2.83 bits per heavy atom. The van der Waals surface area contributed by atoms with Crippen molar-refractivity contribution in [3.63, 3.8) is 0 Å². The van der Waals surface area contributed by atoms with Crippen LogP contribution in [0.3, 0.4) is 0 Å². The molecule has 0 aliphatic carbocycles. The first-order chi connectivity index (χ1) is 11.0. The molecule has 4 nitrogen and oxygen atoms in total. The lowest BCUT2D eigenvalue weighted by atomic mass is 10.2. The number of aryl methyl sites for hydroxylation is 1. The van der Waals surface area contributed by atoms with Crippen molar-refractivity contribution < 1.29 is 9.53 Å². The van der Waals surface area contributed by atoms with Gasteiger partial charge in [-0.2, -0.15) is 0 Å². The summed E-state index contributed by atoms with van der Waals surface area (Å²) in [6.07, 6.45) is 1.78. The molecule has 3 aromatic heterocycles. The number of ether oxygens (including phenoxy) is 1. The highest BCUT2D eigenvalue weighted by atomic mass is 35.5. The minimum Gasteiger partial charge on any atom is -0.465 e. The number of hydrogen-bond donors (Lipinski definition) is 0. The van der Waals surface area contributed by atoms with Gasteiger partial charge >= 0.3 is 5.97 Å². The van der Waals surface area contributed by atoms with Crippen LogP contribution in [0.25, 0.3) is 21.3 Å². The Morgan fingerprint density at radius 1 is 1.39 bits per heavy atom. The van der Waals surface area contributed by atoms with Gasteiger partial charge in [0.25, 0.3) is 0 Å². The first-order valence-electron chi connectivity index (χ1n) is 6.47. The second kappa shape index (κ2) is 6.57. The normalized spacial score (nSPS) is 11.9. The van der Waals surface area contributed by atoms with Crippen LogP contribution in [-0.2, 0) is 4.74 Å². The zero-order valence-corrected chi connectivity index (χ0v) is 15.2. The standard InChI is InChI=1S/C15H10Cl2N2O2S2/c1-7-10-12(17)18-13(9(16)6-8-4-3-5-22-8)19-14(10)23-11(7)15(20)21-2/h3-6H,1-2H3. The van der Waals surface area contributed by atoms with Crippen LogP contribution in [0.1, 0.15) is 25.9 Å². The van der Waals surface area contributed by atoms with E-state index in [1.54, 1.807) is 24.3 Å². The maximum Gasteiger partial charge on any atom is 0.348 e. The van der Waals surface area contributed by atoms with E-state index in [9.17, 15) is 4.79 Å². The molecule has 3 rings (SSSR count). The monoisotopic (exact) mass is 384 g/mol. The summed E-state index contributed by atoms with van der Waals surface area (Å²) in [5.41, 5.74) is 0.715. The summed E-state index contributed by atoms with van der Waals surface area (Å²) in [4.78, 5) is 22.6. The van der Waals surface area contributed by atoms with Crippen LogP contribution in [0, 0.1) is 6.92 Å². The molecule has 0 radical (unpaired) electrons. The van der Waals surface area contributed by atoms with E-state index >= 15 is 0 Å². The van der Waals surface area contributed by atoms with Gasteiger partial charge in [0.05, 0.1) is 17.5 Å². The Hall–Kier alpha value is -1.47. The maximum absolute atomic E-state index is 11.8. The summed E-state index contributed by atoms with van der Waals surface area (Å²) in [5, 5.41) is 3.27. The summed E-state index contributed by atoms with van der Waals surface area (Å²) >= 11 is 15.4. The molecule has 0 saturated carbocycles. The van der Waals surface area contributed by atoms with E-state index in [1.165, 1.54) is 18.4 Å². The number of nitrogens with zero attached hydrogens (tertiary/aromatic N) is 2. The van der Waals surface area contributed by atoms with E-state index in [0.717, 1.165) is 4.88 Å². The molecule has 118 valence electrons. The molecule has 0 aliphatic rings. The molecular weight excluding hydrogens is 375 g/mol. The average Bonchev–Trinajstić information content (AvgIpc) is 3.14. The molecular formula is C15H10Cl2N2O2S2. The summed E-state index contributed by atoms with van der Waals surface area (Å²) in [6.45, 7) is 1.79. The van der Waals surface area contributed by atoms with Crippen molar-refractivity contribution in [1.82, 2.24) is 9.97 Å². The smallest absolute Gasteiger partial charge is 0.348 e. The Bertz CT molecular complexity index is 917. The maximum atomic E-state index is 11.8. The fourth-order valence-electron chi connectivity index (χ4n) is 2.05. The number of aromatic nitrogens is 2. The molecule has 0 atom stereocenters. The second-order valence-corrected chi connectivity index (χ2v) is 7.32. The van der Waals surface area contributed by atoms with Crippen molar-refractivity contribution in [2.45, 2.75) is 6.92 Å². The minimum atomic E-state index is -0.414. The molecule has 0 aromatic carbocycles. The first kappa shape index (κ1) is 16.4. The lowest BCUT2D eigenvalue weighted by molar-refractivity contribution is 0.0605. The fourth-order valence-corrected chi connectivity index (χ4v) is 4.44. The number of hydrogen-bond acceptors (Lipinski definition) is 6. The van der Waals surface area contributed by atoms with Gasteiger partial charge in [0.2, 0.25) is 0 Å². The number of halogens is 2. The number of methoxy groups -OCH3 is 1. The fraction of sp³-hybridized carbons (Fsp3) is 0.133. The van der Waals surface area contributed by atoms with Crippen molar-refractivity contribution in [1.29, 1.82) is 0 Å². The summed E-state index contributed by atoms with van der Waals surface area (Å²) in [5.74, 6) is -0.0847. The Labute approximate surface area is 150 Å². The zero-order valence-electron chi connectivity index (χ0n) is 12.1. The van der Waals surface area contributed by atoms with Crippen molar-refractivity contribution in [2.24, 2.45) is 0 Å². The number of esters is 1. The van der Waals surface area contributed by atoms with E-state index in [-0.39, 0.29) is 5.15 Å². The molecule has 8 heteroatoms. The predicted octanol–water partition coefficient (Wildman–Crippen LogP) is 5.24. The van der Waals surface area contributed by atoms with Crippen LogP contribution in [0.2, 0.25) is 5.15 Å². The Morgan fingerprint density at radius 2 is 2.17 bits per heavy atom. The number of fused-ring (bicyclic) bond motifs is 1. The zero-order chi connectivity index (χ0) is 16.6. The van der Waals surface area contributed by atoms with Crippen LogP contribution in [0.5, 0.6) is 0 Å². The summed E-state index contributed by atoms with van der Waals surface area (Å²) in [7, 11) is 1.34. The van der Waals surface area contributed by atoms with Crippen LogP contribution >= 0.6 is 45.9 Å². The second-order valence-electron chi connectivity index (χ2n) is 4.57. The molecule has 0 spiro atoms. The number of thiophene rings is 2. The third-order valence-electron chi connectivity index (χ3n) is 3.14. The summed E-state index contributed by atoms with van der Waals surface area (Å²) < 4.78 is 4.78. The van der Waals surface area contributed by atoms with Crippen LogP contribution in [0.15, 0.2) is 17.5 Å². The molecule has 0 N–H and O–H groups in total. The Kier molecular flexibility index (Phi) is 4.68. The van der Waals surface area contributed by atoms with Gasteiger partial charge in [-0.3, -0.25) is 0 Å². The number of rotatable bonds is 3. The SMILES string of the molecule is COC(=O)c1sc2nc(C(Cl)=Cc3cccs3)nc(Cl)c2c1C. The molecule has 3 heterocycles. The largest absolute Gasteiger partial charge is 0.465 e. The highest BCUT2D eigenvalue weighted by Gasteiger charge is 2.20. The van der Waals surface area contributed by atoms with Gasteiger partial charge in [0.15, 0.2) is 5.82 Å². The molecule has 3 aromatic rings. The Balaban J connectivity index is 2.13. The molecule has 0 saturated heterocycles. The van der Waals surface area contributed by atoms with E-state index in [4.69, 9.17) is 27.9 Å². The minimum absolute atomic E-state index is 0.270. The van der Waals surface area contributed by atoms with E-state index in [1.807, 2.05) is 17.5 Å². The number of carbonyl (C=O) groups is 1. The van der Waals surface area contributed by atoms with Crippen molar-refractivity contribution in [3.8, 4) is 0 Å². The van der Waals surface area contributed by atoms with Crippen LogP contribution < -0.4 is 0 Å². The molecule has 0 aliphatic heterocycles. The third-order valence-corrected chi connectivity index (χ3v) is 5.68. The van der Waals surface area contributed by atoms with Crippen LogP contribution in [-0.4, -0.2) is 23.0 Å². The van der Waals surface area contributed by atoms with E-state index in [0.29, 0.717) is 31.5 Å². The van der Waals surface area contributed by atoms with E-state index in [2.05, 4.69) is 9.97 Å². The molecule has 0 unspecified atom stereocenters. The van der Waals surface area contributed by atoms with Crippen molar-refractivity contribution in [2.75, 3.05) is 7.11 Å². The predicted molar refractivity (Wildman–Crippen MR) is 96.5 cm³/mol. The molecule has 0 bridgehead atoms. The van der Waals surface area contributed by atoms with Gasteiger partial charge in [-0.05, 0) is 30.0 Å². The quantitative estimate of drug-likeness (QED) is 0.457. The van der Waals surface area contributed by atoms with Gasteiger partial charge in [-0.25, -0.2) is 14.8 Å². The number of carbonyl (C=O) groups excluding carboxylic acids is 1. The highest BCUT2D eigenvalue weighted by molar-refractivity contribution is 7.20. The summed E-state index contributed by atoms with van der Waals surface area (Å²) in [6, 6.07) is 3.88. The third kappa shape index (κ3) is 3.12. The highest BCUT2D eigenvalue weighted by Crippen LogP contribution is 2.35. The van der Waals surface area contributed by atoms with Crippen LogP contribution in [0.4, 0.5) is 0 Å². The van der Waals surface area contributed by atoms with Gasteiger partial charge in [-0.15, -0.1) is 22.7 Å². The average molecular weight is 385 g/mol. The lowest BCUT2D eigenvalue weighted by Crippen LogP contribution is -1.99. The lowest BCUT2D eigenvalue weighted by Gasteiger charge is -2.01. The van der Waals surface area contributed by atoms with E-state index < -0.39 is 5.97 Å². The van der Waals surface area contributed by atoms with Gasteiger partial charge < -0.3 is 4.74 Å². The topological polar surface area (TPSA) is 52.1 Å². The molecule has 0 fully saturated rings. The van der Waals surface area contributed by atoms with Gasteiger partial charge in [-0.1, -0.05) is 29.3 Å². The van der Waals surface area contributed by atoms with Gasteiger partial charge in [0.1, 0.15) is 14.9 Å². The molecule has 0 amide bonds. The first-order valence-corrected chi connectivity index (χ1v) is 8.92. The molecule has 23 heavy (non-hydrogen) atoms.